The molecule has 140 valence electrons. The van der Waals surface area contributed by atoms with Gasteiger partial charge < -0.3 is 24.8 Å². The minimum absolute atomic E-state index is 0.0114. The van der Waals surface area contributed by atoms with Crippen molar-refractivity contribution in [3.63, 3.8) is 0 Å². The summed E-state index contributed by atoms with van der Waals surface area (Å²) in [5.41, 5.74) is 2.21. The molecule has 4 rings (SSSR count). The summed E-state index contributed by atoms with van der Waals surface area (Å²) in [5, 5.41) is 4.29. The maximum absolute atomic E-state index is 12.9. The molecule has 26 heavy (non-hydrogen) atoms. The average molecular weight is 356 g/mol. The van der Waals surface area contributed by atoms with Gasteiger partial charge in [-0.1, -0.05) is 18.2 Å². The van der Waals surface area contributed by atoms with Crippen molar-refractivity contribution in [1.29, 1.82) is 0 Å². The molecule has 1 aromatic heterocycles. The molecule has 0 radical (unpaired) electrons. The number of urea groups is 1. The van der Waals surface area contributed by atoms with Gasteiger partial charge in [-0.05, 0) is 49.4 Å². The number of hydrogen-bond donors (Lipinski definition) is 2. The van der Waals surface area contributed by atoms with Gasteiger partial charge in [-0.2, -0.15) is 0 Å². The molecule has 2 saturated heterocycles. The number of carbonyl (C=O) groups excluding carboxylic acids is 1. The molecular formula is C20H28N4O2. The number of likely N-dealkylation sites (tertiary alicyclic amines) is 2. The highest BCUT2D eigenvalue weighted by Gasteiger charge is 2.36. The van der Waals surface area contributed by atoms with Gasteiger partial charge in [0, 0.05) is 39.0 Å². The number of H-pyrrole nitrogens is 1. The lowest BCUT2D eigenvalue weighted by atomic mass is 10.1. The summed E-state index contributed by atoms with van der Waals surface area (Å²) in [6.45, 7) is 4.46. The molecule has 2 fully saturated rings. The predicted molar refractivity (Wildman–Crippen MR) is 102 cm³/mol. The van der Waals surface area contributed by atoms with E-state index < -0.39 is 0 Å². The summed E-state index contributed by atoms with van der Waals surface area (Å²) in [5.74, 6) is 0. The normalized spacial score (nSPS) is 23.8. The first-order chi connectivity index (χ1) is 12.7. The molecule has 3 heterocycles. The number of benzene rings is 1. The zero-order chi connectivity index (χ0) is 17.9. The second-order valence-electron chi connectivity index (χ2n) is 7.43. The van der Waals surface area contributed by atoms with Gasteiger partial charge in [-0.25, -0.2) is 4.79 Å². The van der Waals surface area contributed by atoms with E-state index in [1.165, 1.54) is 18.2 Å². The highest BCUT2D eigenvalue weighted by Crippen LogP contribution is 2.23. The third kappa shape index (κ3) is 3.57. The molecule has 6 nitrogen and oxygen atoms in total. The lowest BCUT2D eigenvalue weighted by Gasteiger charge is -2.28. The number of methoxy groups -OCH3 is 1. The number of nitrogens with zero attached hydrogens (tertiary/aromatic N) is 2. The van der Waals surface area contributed by atoms with Crippen molar-refractivity contribution in [2.45, 2.75) is 38.0 Å². The van der Waals surface area contributed by atoms with Gasteiger partial charge in [0.05, 0.1) is 11.6 Å². The maximum atomic E-state index is 12.9. The number of aromatic amines is 1. The lowest BCUT2D eigenvalue weighted by Crippen LogP contribution is -2.47. The number of amides is 2. The first kappa shape index (κ1) is 17.4. The van der Waals surface area contributed by atoms with E-state index in [0.29, 0.717) is 13.1 Å². The van der Waals surface area contributed by atoms with Crippen LogP contribution in [-0.4, -0.2) is 66.2 Å². The van der Waals surface area contributed by atoms with Crippen molar-refractivity contribution in [2.24, 2.45) is 0 Å². The fourth-order valence-electron chi connectivity index (χ4n) is 4.30. The number of para-hydroxylation sites is 1. The van der Waals surface area contributed by atoms with Gasteiger partial charge in [0.2, 0.25) is 0 Å². The Labute approximate surface area is 154 Å². The van der Waals surface area contributed by atoms with E-state index in [4.69, 9.17) is 4.74 Å². The Morgan fingerprint density at radius 2 is 2.15 bits per heavy atom. The van der Waals surface area contributed by atoms with Crippen LogP contribution in [0.1, 0.15) is 24.8 Å². The molecule has 0 saturated carbocycles. The Morgan fingerprint density at radius 3 is 2.96 bits per heavy atom. The number of hydrogen-bond acceptors (Lipinski definition) is 3. The molecular weight excluding hydrogens is 328 g/mol. The second kappa shape index (κ2) is 7.68. The van der Waals surface area contributed by atoms with Gasteiger partial charge in [0.15, 0.2) is 0 Å². The van der Waals surface area contributed by atoms with Crippen LogP contribution < -0.4 is 5.32 Å². The molecule has 2 aliphatic rings. The van der Waals surface area contributed by atoms with Crippen molar-refractivity contribution in [2.75, 3.05) is 33.3 Å². The highest BCUT2D eigenvalue weighted by atomic mass is 16.5. The third-order valence-electron chi connectivity index (χ3n) is 5.74. The standard InChI is InChI=1S/C20H28N4O2/c1-26-18-11-17(13-23-9-2-3-10-23)24(14-18)20(25)22-12-16-6-4-5-15-7-8-21-19(15)16/h4-8,17-18,21H,2-3,9-14H2,1H3,(H,22,25)/t17-,18-/m0/s1. The molecule has 0 bridgehead atoms. The Kier molecular flexibility index (Phi) is 5.13. The van der Waals surface area contributed by atoms with Gasteiger partial charge in [-0.15, -0.1) is 0 Å². The van der Waals surface area contributed by atoms with E-state index >= 15 is 0 Å². The zero-order valence-electron chi connectivity index (χ0n) is 15.4. The summed E-state index contributed by atoms with van der Waals surface area (Å²) >= 11 is 0. The molecule has 2 N–H and O–H groups in total. The van der Waals surface area contributed by atoms with Gasteiger partial charge in [-0.3, -0.25) is 0 Å². The second-order valence-corrected chi connectivity index (χ2v) is 7.43. The largest absolute Gasteiger partial charge is 0.380 e. The van der Waals surface area contributed by atoms with Crippen molar-refractivity contribution in [1.82, 2.24) is 20.1 Å². The van der Waals surface area contributed by atoms with Crippen LogP contribution in [0.25, 0.3) is 10.9 Å². The Balaban J connectivity index is 1.40. The summed E-state index contributed by atoms with van der Waals surface area (Å²) in [7, 11) is 1.74. The first-order valence-electron chi connectivity index (χ1n) is 9.59. The zero-order valence-corrected chi connectivity index (χ0v) is 15.4. The van der Waals surface area contributed by atoms with E-state index in [1.54, 1.807) is 7.11 Å². The third-order valence-corrected chi connectivity index (χ3v) is 5.74. The van der Waals surface area contributed by atoms with Crippen molar-refractivity contribution in [3.8, 4) is 0 Å². The summed E-state index contributed by atoms with van der Waals surface area (Å²) in [6, 6.07) is 8.47. The van der Waals surface area contributed by atoms with Crippen LogP contribution in [0.5, 0.6) is 0 Å². The predicted octanol–water partition coefficient (Wildman–Crippen LogP) is 2.56. The molecule has 1 aromatic carbocycles. The molecule has 2 aromatic rings. The smallest absolute Gasteiger partial charge is 0.318 e. The minimum Gasteiger partial charge on any atom is -0.380 e. The quantitative estimate of drug-likeness (QED) is 0.866. The molecule has 2 aliphatic heterocycles. The van der Waals surface area contributed by atoms with E-state index in [2.05, 4.69) is 33.4 Å². The maximum Gasteiger partial charge on any atom is 0.318 e. The summed E-state index contributed by atoms with van der Waals surface area (Å²) in [6.07, 6.45) is 5.54. The molecule has 0 unspecified atom stereocenters. The van der Waals surface area contributed by atoms with Gasteiger partial charge >= 0.3 is 6.03 Å². The lowest BCUT2D eigenvalue weighted by molar-refractivity contribution is 0.110. The van der Waals surface area contributed by atoms with E-state index in [9.17, 15) is 4.79 Å². The first-order valence-corrected chi connectivity index (χ1v) is 9.59. The Morgan fingerprint density at radius 1 is 1.31 bits per heavy atom. The van der Waals surface area contributed by atoms with Crippen LogP contribution in [0.3, 0.4) is 0 Å². The molecule has 2 amide bonds. The monoisotopic (exact) mass is 356 g/mol. The molecule has 0 spiro atoms. The fourth-order valence-corrected chi connectivity index (χ4v) is 4.30. The van der Waals surface area contributed by atoms with E-state index in [1.807, 2.05) is 17.2 Å². The number of carbonyl (C=O) groups is 1. The SMILES string of the molecule is CO[C@H]1C[C@@H](CN2CCCC2)N(C(=O)NCc2cccc3cc[nH]c23)C1. The molecule has 6 heteroatoms. The number of ether oxygens (including phenoxy) is 1. The van der Waals surface area contributed by atoms with Crippen LogP contribution in [0.4, 0.5) is 4.79 Å². The van der Waals surface area contributed by atoms with Crippen molar-refractivity contribution in [3.05, 3.63) is 36.0 Å². The number of nitrogens with one attached hydrogen (secondary N) is 2. The summed E-state index contributed by atoms with van der Waals surface area (Å²) < 4.78 is 5.55. The minimum atomic E-state index is 0.0114. The topological polar surface area (TPSA) is 60.6 Å². The number of aromatic nitrogens is 1. The molecule has 0 aliphatic carbocycles. The number of rotatable bonds is 5. The Bertz CT molecular complexity index is 753. The average Bonchev–Trinajstić information content (AvgIpc) is 3.40. The fraction of sp³-hybridized carbons (Fsp3) is 0.550. The van der Waals surface area contributed by atoms with Gasteiger partial charge in [0.1, 0.15) is 0 Å². The van der Waals surface area contributed by atoms with Crippen molar-refractivity contribution < 1.29 is 9.53 Å². The molecule has 2 atom stereocenters. The summed E-state index contributed by atoms with van der Waals surface area (Å²) in [4.78, 5) is 20.6. The van der Waals surface area contributed by atoms with Crippen LogP contribution in [0, 0.1) is 0 Å². The van der Waals surface area contributed by atoms with Gasteiger partial charge in [0.25, 0.3) is 0 Å². The Hall–Kier alpha value is -2.05. The van der Waals surface area contributed by atoms with Crippen LogP contribution in [-0.2, 0) is 11.3 Å². The number of fused-ring (bicyclic) bond motifs is 1. The van der Waals surface area contributed by atoms with Crippen molar-refractivity contribution >= 4 is 16.9 Å². The highest BCUT2D eigenvalue weighted by molar-refractivity contribution is 5.83. The van der Waals surface area contributed by atoms with Crippen LogP contribution in [0.2, 0.25) is 0 Å². The van der Waals surface area contributed by atoms with E-state index in [-0.39, 0.29) is 18.2 Å². The van der Waals surface area contributed by atoms with Crippen LogP contribution >= 0.6 is 0 Å². The van der Waals surface area contributed by atoms with E-state index in [0.717, 1.165) is 37.1 Å². The van der Waals surface area contributed by atoms with Crippen LogP contribution in [0.15, 0.2) is 30.5 Å².